The molecule has 0 saturated carbocycles. The molecule has 0 unspecified atom stereocenters. The van der Waals surface area contributed by atoms with Crippen LogP contribution in [0.4, 0.5) is 0 Å². The van der Waals surface area contributed by atoms with E-state index in [1.165, 1.54) is 11.1 Å². The van der Waals surface area contributed by atoms with Crippen molar-refractivity contribution in [1.82, 2.24) is 15.0 Å². The van der Waals surface area contributed by atoms with Gasteiger partial charge in [0.05, 0.1) is 23.6 Å². The third-order valence-corrected chi connectivity index (χ3v) is 6.28. The van der Waals surface area contributed by atoms with Crippen molar-refractivity contribution in [2.75, 3.05) is 0 Å². The van der Waals surface area contributed by atoms with Gasteiger partial charge in [0.25, 0.3) is 0 Å². The predicted octanol–water partition coefficient (Wildman–Crippen LogP) is 5.48. The van der Waals surface area contributed by atoms with Gasteiger partial charge in [-0.15, -0.1) is 5.10 Å². The van der Waals surface area contributed by atoms with Gasteiger partial charge >= 0.3 is 5.97 Å². The maximum absolute atomic E-state index is 11.1. The minimum atomic E-state index is -0.918. The van der Waals surface area contributed by atoms with Crippen LogP contribution in [0.25, 0.3) is 17.8 Å². The molecule has 0 saturated heterocycles. The summed E-state index contributed by atoms with van der Waals surface area (Å²) in [5.41, 5.74) is 6.25. The number of carbonyl (C=O) groups is 1. The second kappa shape index (κ2) is 7.24. The second-order valence-corrected chi connectivity index (χ2v) is 9.33. The fourth-order valence-corrected chi connectivity index (χ4v) is 4.21. The number of carboxylic acids is 1. The Morgan fingerprint density at radius 2 is 1.63 bits per heavy atom. The van der Waals surface area contributed by atoms with Crippen molar-refractivity contribution >= 4 is 18.1 Å². The van der Waals surface area contributed by atoms with Crippen LogP contribution in [0.15, 0.2) is 48.8 Å². The van der Waals surface area contributed by atoms with Gasteiger partial charge in [0.15, 0.2) is 0 Å². The van der Waals surface area contributed by atoms with E-state index in [4.69, 9.17) is 5.11 Å². The highest BCUT2D eigenvalue weighted by atomic mass is 16.4. The molecule has 30 heavy (non-hydrogen) atoms. The highest BCUT2D eigenvalue weighted by molar-refractivity contribution is 5.88. The minimum absolute atomic E-state index is 0.106. The molecule has 4 rings (SSSR count). The van der Waals surface area contributed by atoms with E-state index in [9.17, 15) is 4.79 Å². The topological polar surface area (TPSA) is 68.0 Å². The van der Waals surface area contributed by atoms with Crippen LogP contribution in [0.3, 0.4) is 0 Å². The molecule has 1 heterocycles. The second-order valence-electron chi connectivity index (χ2n) is 9.33. The average molecular weight is 402 g/mol. The lowest BCUT2D eigenvalue weighted by Gasteiger charge is -2.42. The molecule has 0 aliphatic heterocycles. The summed E-state index contributed by atoms with van der Waals surface area (Å²) < 4.78 is 1.81. The maximum Gasteiger partial charge on any atom is 0.335 e. The number of hydrogen-bond acceptors (Lipinski definition) is 3. The number of aromatic carboxylic acids is 1. The van der Waals surface area contributed by atoms with Gasteiger partial charge < -0.3 is 5.11 Å². The fourth-order valence-electron chi connectivity index (χ4n) is 4.21. The van der Waals surface area contributed by atoms with E-state index in [0.717, 1.165) is 29.7 Å². The molecular formula is C25H27N3O2. The van der Waals surface area contributed by atoms with Crippen LogP contribution in [0.1, 0.15) is 73.1 Å². The van der Waals surface area contributed by atoms with Gasteiger partial charge in [0.1, 0.15) is 0 Å². The maximum atomic E-state index is 11.1. The zero-order chi connectivity index (χ0) is 21.5. The Labute approximate surface area is 177 Å². The van der Waals surface area contributed by atoms with Crippen LogP contribution in [0, 0.1) is 0 Å². The van der Waals surface area contributed by atoms with E-state index in [2.05, 4.69) is 56.2 Å². The van der Waals surface area contributed by atoms with E-state index in [1.54, 1.807) is 18.3 Å². The van der Waals surface area contributed by atoms with Crippen LogP contribution in [0.2, 0.25) is 0 Å². The summed E-state index contributed by atoms with van der Waals surface area (Å²) in [5.74, 6) is -0.918. The fraction of sp³-hybridized carbons (Fsp3) is 0.320. The SMILES string of the molecule is CC1(C)CCC(C)(C)c2cc(-n3ccnn3)c(C=Cc3ccc(C(=O)O)cc3)cc21. The Balaban J connectivity index is 1.83. The molecule has 2 aromatic carbocycles. The van der Waals surface area contributed by atoms with Gasteiger partial charge in [-0.2, -0.15) is 0 Å². The third kappa shape index (κ3) is 3.67. The van der Waals surface area contributed by atoms with Crippen LogP contribution in [-0.2, 0) is 10.8 Å². The number of carboxylic acid groups (broad SMARTS) is 1. The minimum Gasteiger partial charge on any atom is -0.478 e. The molecule has 5 nitrogen and oxygen atoms in total. The number of nitrogens with zero attached hydrogens (tertiary/aromatic N) is 3. The zero-order valence-electron chi connectivity index (χ0n) is 17.9. The molecule has 0 radical (unpaired) electrons. The molecule has 154 valence electrons. The first-order valence-electron chi connectivity index (χ1n) is 10.2. The van der Waals surface area contributed by atoms with E-state index >= 15 is 0 Å². The number of benzene rings is 2. The van der Waals surface area contributed by atoms with Crippen molar-refractivity contribution in [2.45, 2.75) is 51.4 Å². The van der Waals surface area contributed by atoms with Gasteiger partial charge in [0, 0.05) is 5.56 Å². The smallest absolute Gasteiger partial charge is 0.335 e. The van der Waals surface area contributed by atoms with E-state index in [0.29, 0.717) is 0 Å². The van der Waals surface area contributed by atoms with Crippen LogP contribution in [0.5, 0.6) is 0 Å². The molecule has 5 heteroatoms. The highest BCUT2D eigenvalue weighted by Gasteiger charge is 2.37. The van der Waals surface area contributed by atoms with Gasteiger partial charge in [-0.05, 0) is 64.6 Å². The number of hydrogen-bond donors (Lipinski definition) is 1. The monoisotopic (exact) mass is 401 g/mol. The van der Waals surface area contributed by atoms with E-state index < -0.39 is 5.97 Å². The Hall–Kier alpha value is -3.21. The summed E-state index contributed by atoms with van der Waals surface area (Å²) in [6.45, 7) is 9.25. The van der Waals surface area contributed by atoms with Crippen molar-refractivity contribution in [3.8, 4) is 5.69 Å². The van der Waals surface area contributed by atoms with E-state index in [-0.39, 0.29) is 16.4 Å². The van der Waals surface area contributed by atoms with Crippen molar-refractivity contribution in [3.63, 3.8) is 0 Å². The normalized spacial score (nSPS) is 17.1. The molecule has 0 amide bonds. The van der Waals surface area contributed by atoms with Crippen molar-refractivity contribution < 1.29 is 9.90 Å². The molecule has 3 aromatic rings. The molecule has 1 aliphatic rings. The Kier molecular flexibility index (Phi) is 4.85. The molecule has 0 spiro atoms. The lowest BCUT2D eigenvalue weighted by molar-refractivity contribution is 0.0697. The third-order valence-electron chi connectivity index (χ3n) is 6.28. The van der Waals surface area contributed by atoms with Crippen molar-refractivity contribution in [2.24, 2.45) is 0 Å². The largest absolute Gasteiger partial charge is 0.478 e. The average Bonchev–Trinajstić information content (AvgIpc) is 3.24. The molecule has 0 fully saturated rings. The molecule has 1 aliphatic carbocycles. The van der Waals surface area contributed by atoms with Crippen LogP contribution in [-0.4, -0.2) is 26.1 Å². The summed E-state index contributed by atoms with van der Waals surface area (Å²) >= 11 is 0. The molecule has 1 N–H and O–H groups in total. The standard InChI is InChI=1S/C25H27N3O2/c1-24(2)11-12-25(3,4)21-16-22(28-14-13-26-27-28)19(15-20(21)24)10-7-17-5-8-18(9-6-17)23(29)30/h5-10,13-16H,11-12H2,1-4H3,(H,29,30). The Bertz CT molecular complexity index is 1110. The van der Waals surface area contributed by atoms with Crippen molar-refractivity contribution in [1.29, 1.82) is 0 Å². The first-order chi connectivity index (χ1) is 14.2. The lowest BCUT2D eigenvalue weighted by Crippen LogP contribution is -2.34. The van der Waals surface area contributed by atoms with Crippen molar-refractivity contribution in [3.05, 3.63) is 76.6 Å². The number of rotatable bonds is 4. The van der Waals surface area contributed by atoms with Gasteiger partial charge in [-0.25, -0.2) is 9.48 Å². The quantitative estimate of drug-likeness (QED) is 0.587. The number of aromatic nitrogens is 3. The molecule has 0 atom stereocenters. The summed E-state index contributed by atoms with van der Waals surface area (Å²) in [7, 11) is 0. The Morgan fingerprint density at radius 1 is 1.00 bits per heavy atom. The lowest BCUT2D eigenvalue weighted by atomic mass is 9.63. The zero-order valence-corrected chi connectivity index (χ0v) is 17.9. The number of fused-ring (bicyclic) bond motifs is 1. The highest BCUT2D eigenvalue weighted by Crippen LogP contribution is 2.47. The summed E-state index contributed by atoms with van der Waals surface area (Å²) in [6, 6.07) is 11.4. The molecular weight excluding hydrogens is 374 g/mol. The van der Waals surface area contributed by atoms with Gasteiger partial charge in [-0.1, -0.05) is 57.2 Å². The first-order valence-corrected chi connectivity index (χ1v) is 10.2. The predicted molar refractivity (Wildman–Crippen MR) is 119 cm³/mol. The van der Waals surface area contributed by atoms with E-state index in [1.807, 2.05) is 29.1 Å². The van der Waals surface area contributed by atoms with Gasteiger partial charge in [0.2, 0.25) is 0 Å². The Morgan fingerprint density at radius 3 is 2.20 bits per heavy atom. The summed E-state index contributed by atoms with van der Waals surface area (Å²) in [6.07, 6.45) is 9.93. The van der Waals surface area contributed by atoms with Gasteiger partial charge in [-0.3, -0.25) is 0 Å². The van der Waals surface area contributed by atoms with Crippen LogP contribution >= 0.6 is 0 Å². The first kappa shape index (κ1) is 20.1. The summed E-state index contributed by atoms with van der Waals surface area (Å²) in [5, 5.41) is 17.3. The molecule has 0 bridgehead atoms. The molecule has 1 aromatic heterocycles. The summed E-state index contributed by atoms with van der Waals surface area (Å²) in [4.78, 5) is 11.1. The van der Waals surface area contributed by atoms with Crippen LogP contribution < -0.4 is 0 Å².